The van der Waals surface area contributed by atoms with Gasteiger partial charge < -0.3 is 0 Å². The molecule has 0 heterocycles. The molecule has 0 aromatic carbocycles. The molecule has 0 aliphatic heterocycles. The van der Waals surface area contributed by atoms with E-state index in [2.05, 4.69) is 12.2 Å². The van der Waals surface area contributed by atoms with E-state index < -0.39 is 10.0 Å². The summed E-state index contributed by atoms with van der Waals surface area (Å²) >= 11 is 0. The number of nitrogens with zero attached hydrogens (tertiary/aromatic N) is 1. The van der Waals surface area contributed by atoms with Crippen molar-refractivity contribution in [1.82, 2.24) is 4.31 Å². The van der Waals surface area contributed by atoms with Crippen LogP contribution < -0.4 is 0 Å². The smallest absolute Gasteiger partial charge is 0.212 e. The summed E-state index contributed by atoms with van der Waals surface area (Å²) in [6.07, 6.45) is 6.12. The maximum atomic E-state index is 12.0. The maximum Gasteiger partial charge on any atom is 0.217 e. The van der Waals surface area contributed by atoms with E-state index in [4.69, 9.17) is 0 Å². The minimum atomic E-state index is -3.04. The van der Waals surface area contributed by atoms with Crippen molar-refractivity contribution >= 4 is 10.0 Å². The van der Waals surface area contributed by atoms with Gasteiger partial charge in [0.2, 0.25) is 10.0 Å². The maximum absolute atomic E-state index is 12.0. The van der Waals surface area contributed by atoms with Gasteiger partial charge in [-0.25, -0.2) is 12.7 Å². The highest BCUT2D eigenvalue weighted by Gasteiger charge is 2.44. The second-order valence-electron chi connectivity index (χ2n) is 4.28. The van der Waals surface area contributed by atoms with Crippen LogP contribution in [0.25, 0.3) is 0 Å². The van der Waals surface area contributed by atoms with E-state index in [1.807, 2.05) is 6.92 Å². The number of fused-ring (bicyclic) bond motifs is 2. The van der Waals surface area contributed by atoms with Gasteiger partial charge in [-0.15, -0.1) is 0 Å². The van der Waals surface area contributed by atoms with Gasteiger partial charge in [0, 0.05) is 13.6 Å². The van der Waals surface area contributed by atoms with Crippen LogP contribution in [0.15, 0.2) is 12.2 Å². The van der Waals surface area contributed by atoms with Crippen molar-refractivity contribution in [2.75, 3.05) is 13.6 Å². The minimum absolute atomic E-state index is 0.151. The molecule has 2 aliphatic rings. The van der Waals surface area contributed by atoms with Crippen molar-refractivity contribution in [3.05, 3.63) is 12.2 Å². The van der Waals surface area contributed by atoms with Gasteiger partial charge in [-0.1, -0.05) is 19.1 Å². The van der Waals surface area contributed by atoms with Crippen LogP contribution in [0.5, 0.6) is 0 Å². The fraction of sp³-hybridized carbons (Fsp3) is 0.800. The van der Waals surface area contributed by atoms with Gasteiger partial charge >= 0.3 is 0 Å². The second-order valence-corrected chi connectivity index (χ2v) is 6.54. The molecule has 0 saturated heterocycles. The normalized spacial score (nSPS) is 35.8. The molecule has 0 radical (unpaired) electrons. The van der Waals surface area contributed by atoms with Crippen molar-refractivity contribution in [3.63, 3.8) is 0 Å². The topological polar surface area (TPSA) is 37.4 Å². The first kappa shape index (κ1) is 10.2. The highest BCUT2D eigenvalue weighted by Crippen LogP contribution is 2.43. The average molecular weight is 215 g/mol. The van der Waals surface area contributed by atoms with Crippen LogP contribution in [0.1, 0.15) is 19.8 Å². The lowest BCUT2D eigenvalue weighted by molar-refractivity contribution is 0.463. The molecule has 14 heavy (non-hydrogen) atoms. The molecule has 3 atom stereocenters. The van der Waals surface area contributed by atoms with Gasteiger partial charge in [0.05, 0.1) is 5.25 Å². The zero-order valence-corrected chi connectivity index (χ0v) is 9.50. The first-order valence-corrected chi connectivity index (χ1v) is 6.69. The highest BCUT2D eigenvalue weighted by atomic mass is 32.2. The number of hydrogen-bond acceptors (Lipinski definition) is 2. The lowest BCUT2D eigenvalue weighted by Gasteiger charge is -2.24. The lowest BCUT2D eigenvalue weighted by atomic mass is 10.1. The van der Waals surface area contributed by atoms with Gasteiger partial charge in [-0.3, -0.25) is 0 Å². The third-order valence-electron chi connectivity index (χ3n) is 3.48. The third-order valence-corrected chi connectivity index (χ3v) is 5.91. The Kier molecular flexibility index (Phi) is 2.43. The Morgan fingerprint density at radius 2 is 2.07 bits per heavy atom. The Hall–Kier alpha value is -0.350. The Bertz CT molecular complexity index is 347. The first-order chi connectivity index (χ1) is 6.55. The predicted octanol–water partition coefficient (Wildman–Crippen LogP) is 1.23. The van der Waals surface area contributed by atoms with E-state index in [0.717, 1.165) is 12.8 Å². The summed E-state index contributed by atoms with van der Waals surface area (Å²) in [6, 6.07) is 0. The second kappa shape index (κ2) is 3.35. The number of allylic oxidation sites excluding steroid dienone is 2. The number of rotatable bonds is 3. The molecule has 2 bridgehead atoms. The average Bonchev–Trinajstić information content (AvgIpc) is 2.77. The van der Waals surface area contributed by atoms with Crippen molar-refractivity contribution < 1.29 is 8.42 Å². The quantitative estimate of drug-likeness (QED) is 0.664. The highest BCUT2D eigenvalue weighted by molar-refractivity contribution is 7.89. The predicted molar refractivity (Wildman–Crippen MR) is 56.4 cm³/mol. The molecule has 2 rings (SSSR count). The molecule has 3 nitrogen and oxygen atoms in total. The van der Waals surface area contributed by atoms with Crippen LogP contribution in [0.2, 0.25) is 0 Å². The van der Waals surface area contributed by atoms with Crippen LogP contribution in [-0.2, 0) is 10.0 Å². The molecular formula is C10H17NO2S. The summed E-state index contributed by atoms with van der Waals surface area (Å²) in [4.78, 5) is 0. The van der Waals surface area contributed by atoms with Crippen LogP contribution in [0.3, 0.4) is 0 Å². The lowest BCUT2D eigenvalue weighted by Crippen LogP contribution is -2.38. The van der Waals surface area contributed by atoms with Crippen LogP contribution in [-0.4, -0.2) is 31.6 Å². The fourth-order valence-corrected chi connectivity index (χ4v) is 4.44. The molecule has 3 unspecified atom stereocenters. The van der Waals surface area contributed by atoms with E-state index in [-0.39, 0.29) is 11.2 Å². The van der Waals surface area contributed by atoms with E-state index in [0.29, 0.717) is 12.5 Å². The Balaban J connectivity index is 2.20. The third kappa shape index (κ3) is 1.41. The summed E-state index contributed by atoms with van der Waals surface area (Å²) in [7, 11) is -1.37. The molecule has 0 spiro atoms. The van der Waals surface area contributed by atoms with Crippen molar-refractivity contribution in [3.8, 4) is 0 Å². The molecule has 0 amide bonds. The van der Waals surface area contributed by atoms with Crippen molar-refractivity contribution in [2.24, 2.45) is 11.8 Å². The molecule has 1 saturated carbocycles. The summed E-state index contributed by atoms with van der Waals surface area (Å²) in [5.74, 6) is 0.795. The zero-order valence-electron chi connectivity index (χ0n) is 8.68. The largest absolute Gasteiger partial charge is 0.217 e. The van der Waals surface area contributed by atoms with Crippen LogP contribution in [0, 0.1) is 11.8 Å². The van der Waals surface area contributed by atoms with E-state index in [1.54, 1.807) is 7.05 Å². The summed E-state index contributed by atoms with van der Waals surface area (Å²) in [5, 5.41) is -0.151. The standard InChI is InChI=1S/C10H17NO2S/c1-3-11(2)14(12,13)10-7-8-4-5-9(10)6-8/h4-5,8-10H,3,6-7H2,1-2H3. The number of sulfonamides is 1. The van der Waals surface area contributed by atoms with E-state index >= 15 is 0 Å². The molecule has 0 aromatic heterocycles. The fourth-order valence-electron chi connectivity index (χ4n) is 2.48. The van der Waals surface area contributed by atoms with Crippen LogP contribution >= 0.6 is 0 Å². The van der Waals surface area contributed by atoms with E-state index in [9.17, 15) is 8.42 Å². The molecular weight excluding hydrogens is 198 g/mol. The molecule has 0 aromatic rings. The summed E-state index contributed by atoms with van der Waals surface area (Å²) in [6.45, 7) is 2.44. The van der Waals surface area contributed by atoms with Gasteiger partial charge in [-0.2, -0.15) is 0 Å². The molecule has 0 N–H and O–H groups in total. The zero-order chi connectivity index (χ0) is 10.3. The van der Waals surface area contributed by atoms with Crippen molar-refractivity contribution in [1.29, 1.82) is 0 Å². The van der Waals surface area contributed by atoms with Gasteiger partial charge in [0.1, 0.15) is 0 Å². The Labute approximate surface area is 85.8 Å². The van der Waals surface area contributed by atoms with Gasteiger partial charge in [-0.05, 0) is 24.7 Å². The Morgan fingerprint density at radius 1 is 1.36 bits per heavy atom. The van der Waals surface area contributed by atoms with Crippen LogP contribution in [0.4, 0.5) is 0 Å². The molecule has 80 valence electrons. The Morgan fingerprint density at radius 3 is 2.50 bits per heavy atom. The van der Waals surface area contributed by atoms with Crippen molar-refractivity contribution in [2.45, 2.75) is 25.0 Å². The number of hydrogen-bond donors (Lipinski definition) is 0. The molecule has 2 aliphatic carbocycles. The molecule has 4 heteroatoms. The minimum Gasteiger partial charge on any atom is -0.212 e. The van der Waals surface area contributed by atoms with Gasteiger partial charge in [0.15, 0.2) is 0 Å². The summed E-state index contributed by atoms with van der Waals surface area (Å²) in [5.41, 5.74) is 0. The molecule has 1 fully saturated rings. The summed E-state index contributed by atoms with van der Waals surface area (Å²) < 4.78 is 25.6. The van der Waals surface area contributed by atoms with E-state index in [1.165, 1.54) is 4.31 Å². The van der Waals surface area contributed by atoms with Gasteiger partial charge in [0.25, 0.3) is 0 Å². The SMILES string of the molecule is CCN(C)S(=O)(=O)C1CC2C=CC1C2. The first-order valence-electron chi connectivity index (χ1n) is 5.19. The monoisotopic (exact) mass is 215 g/mol.